The fourth-order valence-corrected chi connectivity index (χ4v) is 5.52. The molecule has 2 rings (SSSR count). The van der Waals surface area contributed by atoms with E-state index in [9.17, 15) is 4.79 Å². The van der Waals surface area contributed by atoms with Crippen LogP contribution in [0, 0.1) is 0 Å². The molecule has 2 fully saturated rings. The Balaban J connectivity index is 1.46. The van der Waals surface area contributed by atoms with Crippen molar-refractivity contribution < 1.29 is 9.53 Å². The van der Waals surface area contributed by atoms with E-state index in [-0.39, 0.29) is 5.97 Å². The maximum atomic E-state index is 10.7. The predicted molar refractivity (Wildman–Crippen MR) is 104 cm³/mol. The third-order valence-electron chi connectivity index (χ3n) is 6.65. The Labute approximate surface area is 150 Å². The van der Waals surface area contributed by atoms with Gasteiger partial charge in [0.25, 0.3) is 0 Å². The van der Waals surface area contributed by atoms with Crippen LogP contribution in [-0.2, 0) is 9.53 Å². The Kier molecular flexibility index (Phi) is 9.27. The Morgan fingerprint density at radius 1 is 0.917 bits per heavy atom. The zero-order chi connectivity index (χ0) is 17.2. The molecular formula is C21H39BO2. The molecule has 3 heteroatoms. The van der Waals surface area contributed by atoms with Gasteiger partial charge < -0.3 is 4.74 Å². The summed E-state index contributed by atoms with van der Waals surface area (Å²) in [5, 5.41) is 0. The monoisotopic (exact) mass is 334 g/mol. The standard InChI is InChI=1S/C21H39BO2/c1-18(22-20-13-10-14-21(22)16-11-15-20)12-8-6-4-3-5-7-9-17-24-19(2)23/h18,20-21H,3-17H2,1-2H3. The summed E-state index contributed by atoms with van der Waals surface area (Å²) in [7, 11) is 0. The lowest BCUT2D eigenvalue weighted by atomic mass is 9.22. The van der Waals surface area contributed by atoms with E-state index in [1.165, 1.54) is 90.4 Å². The lowest BCUT2D eigenvalue weighted by Gasteiger charge is -2.43. The van der Waals surface area contributed by atoms with Crippen LogP contribution in [0.3, 0.4) is 0 Å². The van der Waals surface area contributed by atoms with Crippen molar-refractivity contribution in [3.05, 3.63) is 0 Å². The molecule has 2 saturated heterocycles. The predicted octanol–water partition coefficient (Wildman–Crippen LogP) is 6.66. The van der Waals surface area contributed by atoms with Gasteiger partial charge in [-0.05, 0) is 6.42 Å². The number of rotatable bonds is 11. The zero-order valence-electron chi connectivity index (χ0n) is 16.2. The van der Waals surface area contributed by atoms with E-state index in [0.29, 0.717) is 6.61 Å². The first-order valence-corrected chi connectivity index (χ1v) is 10.8. The summed E-state index contributed by atoms with van der Waals surface area (Å²) in [5.41, 5.74) is 0. The highest BCUT2D eigenvalue weighted by molar-refractivity contribution is 6.64. The molecule has 0 amide bonds. The summed E-state index contributed by atoms with van der Waals surface area (Å²) in [6, 6.07) is 0. The molecule has 1 atom stereocenters. The minimum Gasteiger partial charge on any atom is -0.466 e. The normalized spacial score (nSPS) is 24.7. The summed E-state index contributed by atoms with van der Waals surface area (Å²) < 4.78 is 4.96. The second kappa shape index (κ2) is 11.2. The third kappa shape index (κ3) is 6.80. The van der Waals surface area contributed by atoms with Crippen LogP contribution in [0.25, 0.3) is 0 Å². The van der Waals surface area contributed by atoms with Crippen molar-refractivity contribution in [2.75, 3.05) is 6.61 Å². The Hall–Kier alpha value is -0.465. The average Bonchev–Trinajstić information content (AvgIpc) is 2.55. The van der Waals surface area contributed by atoms with E-state index >= 15 is 0 Å². The SMILES string of the molecule is CC(=O)OCCCCCCCCCC(C)B1C2CCCC1CCC2. The van der Waals surface area contributed by atoms with Gasteiger partial charge in [-0.25, -0.2) is 0 Å². The molecule has 0 spiro atoms. The highest BCUT2D eigenvalue weighted by atomic mass is 16.5. The van der Waals surface area contributed by atoms with Gasteiger partial charge in [0.2, 0.25) is 0 Å². The maximum Gasteiger partial charge on any atom is 0.302 e. The van der Waals surface area contributed by atoms with Gasteiger partial charge in [0.05, 0.1) is 6.61 Å². The molecule has 0 radical (unpaired) electrons. The van der Waals surface area contributed by atoms with Crippen LogP contribution in [0.15, 0.2) is 0 Å². The van der Waals surface area contributed by atoms with E-state index in [1.807, 2.05) is 0 Å². The molecule has 0 saturated carbocycles. The average molecular weight is 334 g/mol. The van der Waals surface area contributed by atoms with E-state index in [2.05, 4.69) is 6.92 Å². The Morgan fingerprint density at radius 3 is 1.96 bits per heavy atom. The maximum absolute atomic E-state index is 10.7. The van der Waals surface area contributed by atoms with Crippen LogP contribution >= 0.6 is 0 Å². The molecule has 138 valence electrons. The largest absolute Gasteiger partial charge is 0.466 e. The van der Waals surface area contributed by atoms with Crippen LogP contribution < -0.4 is 0 Å². The lowest BCUT2D eigenvalue weighted by molar-refractivity contribution is -0.141. The van der Waals surface area contributed by atoms with Gasteiger partial charge >= 0.3 is 5.97 Å². The van der Waals surface area contributed by atoms with Crippen LogP contribution in [0.2, 0.25) is 17.5 Å². The van der Waals surface area contributed by atoms with Crippen molar-refractivity contribution in [1.29, 1.82) is 0 Å². The van der Waals surface area contributed by atoms with E-state index < -0.39 is 0 Å². The summed E-state index contributed by atoms with van der Waals surface area (Å²) >= 11 is 0. The number of hydrogen-bond acceptors (Lipinski definition) is 2. The van der Waals surface area contributed by atoms with Crippen molar-refractivity contribution in [2.45, 2.75) is 121 Å². The summed E-state index contributed by atoms with van der Waals surface area (Å²) in [6.45, 7) is 5.71. The first-order chi connectivity index (χ1) is 11.7. The van der Waals surface area contributed by atoms with E-state index in [1.54, 1.807) is 0 Å². The molecule has 2 heterocycles. The molecule has 0 aromatic heterocycles. The highest BCUT2D eigenvalue weighted by Gasteiger charge is 2.41. The van der Waals surface area contributed by atoms with Gasteiger partial charge in [-0.3, -0.25) is 4.79 Å². The van der Waals surface area contributed by atoms with E-state index in [4.69, 9.17) is 4.74 Å². The molecule has 1 unspecified atom stereocenters. The molecule has 2 aliphatic rings. The number of esters is 1. The third-order valence-corrected chi connectivity index (χ3v) is 6.65. The van der Waals surface area contributed by atoms with Crippen molar-refractivity contribution in [2.24, 2.45) is 0 Å². The molecule has 2 aliphatic heterocycles. The summed E-state index contributed by atoms with van der Waals surface area (Å²) in [4.78, 5) is 10.7. The zero-order valence-corrected chi connectivity index (χ0v) is 16.2. The molecular weight excluding hydrogens is 295 g/mol. The fourth-order valence-electron chi connectivity index (χ4n) is 5.52. The van der Waals surface area contributed by atoms with Crippen LogP contribution in [0.1, 0.15) is 104 Å². The first kappa shape index (κ1) is 19.9. The van der Waals surface area contributed by atoms with E-state index in [0.717, 1.165) is 30.6 Å². The molecule has 0 aliphatic carbocycles. The number of ether oxygens (including phenoxy) is 1. The number of hydrogen-bond donors (Lipinski definition) is 0. The first-order valence-electron chi connectivity index (χ1n) is 10.8. The van der Waals surface area contributed by atoms with Crippen molar-refractivity contribution >= 4 is 12.7 Å². The Morgan fingerprint density at radius 2 is 1.42 bits per heavy atom. The second-order valence-electron chi connectivity index (χ2n) is 8.54. The lowest BCUT2D eigenvalue weighted by Crippen LogP contribution is -2.37. The number of carbonyl (C=O) groups is 1. The number of fused-ring (bicyclic) bond motifs is 2. The van der Waals surface area contributed by atoms with Gasteiger partial charge in [0.1, 0.15) is 6.71 Å². The van der Waals surface area contributed by atoms with Crippen LogP contribution in [0.5, 0.6) is 0 Å². The highest BCUT2D eigenvalue weighted by Crippen LogP contribution is 2.51. The molecule has 0 N–H and O–H groups in total. The van der Waals surface area contributed by atoms with Crippen molar-refractivity contribution in [3.63, 3.8) is 0 Å². The summed E-state index contributed by atoms with van der Waals surface area (Å²) in [6.07, 6.45) is 19.7. The summed E-state index contributed by atoms with van der Waals surface area (Å²) in [5.74, 6) is 2.96. The van der Waals surface area contributed by atoms with Gasteiger partial charge in [-0.1, -0.05) is 108 Å². The smallest absolute Gasteiger partial charge is 0.302 e. The molecule has 0 aromatic carbocycles. The number of carbonyl (C=O) groups excluding carboxylic acids is 1. The van der Waals surface area contributed by atoms with Crippen LogP contribution in [-0.4, -0.2) is 19.3 Å². The fraction of sp³-hybridized carbons (Fsp3) is 0.952. The van der Waals surface area contributed by atoms with Gasteiger partial charge in [0, 0.05) is 6.92 Å². The Bertz CT molecular complexity index is 336. The second-order valence-corrected chi connectivity index (χ2v) is 8.54. The molecule has 24 heavy (non-hydrogen) atoms. The minimum atomic E-state index is -0.147. The van der Waals surface area contributed by atoms with Crippen molar-refractivity contribution in [1.82, 2.24) is 0 Å². The molecule has 2 bridgehead atoms. The quantitative estimate of drug-likeness (QED) is 0.240. The van der Waals surface area contributed by atoms with Crippen molar-refractivity contribution in [3.8, 4) is 0 Å². The topological polar surface area (TPSA) is 26.3 Å². The van der Waals surface area contributed by atoms with Gasteiger partial charge in [-0.2, -0.15) is 0 Å². The minimum absolute atomic E-state index is 0.147. The molecule has 0 aromatic rings. The molecule has 2 nitrogen and oxygen atoms in total. The number of unbranched alkanes of at least 4 members (excludes halogenated alkanes) is 6. The van der Waals surface area contributed by atoms with Gasteiger partial charge in [-0.15, -0.1) is 0 Å². The van der Waals surface area contributed by atoms with Crippen LogP contribution in [0.4, 0.5) is 0 Å². The van der Waals surface area contributed by atoms with Gasteiger partial charge in [0.15, 0.2) is 0 Å².